The van der Waals surface area contributed by atoms with Gasteiger partial charge in [0, 0.05) is 18.2 Å². The van der Waals surface area contributed by atoms with Crippen LogP contribution in [0.5, 0.6) is 5.75 Å². The van der Waals surface area contributed by atoms with Crippen molar-refractivity contribution in [2.75, 3.05) is 5.32 Å². The first-order valence-electron chi connectivity index (χ1n) is 9.03. The molecule has 0 saturated carbocycles. The minimum Gasteiger partial charge on any atom is -0.423 e. The molecule has 0 unspecified atom stereocenters. The van der Waals surface area contributed by atoms with Gasteiger partial charge in [0.25, 0.3) is 0 Å². The molecule has 0 atom stereocenters. The summed E-state index contributed by atoms with van der Waals surface area (Å²) in [5.41, 5.74) is 1.84. The maximum Gasteiger partial charge on any atom is 0.343 e. The number of allylic oxidation sites excluding steroid dienone is 1. The summed E-state index contributed by atoms with van der Waals surface area (Å²) < 4.78 is 19.3. The van der Waals surface area contributed by atoms with Crippen molar-refractivity contribution in [1.82, 2.24) is 0 Å². The number of rotatable bonds is 5. The Morgan fingerprint density at radius 3 is 2.43 bits per heavy atom. The van der Waals surface area contributed by atoms with Crippen molar-refractivity contribution in [3.8, 4) is 11.8 Å². The van der Waals surface area contributed by atoms with Crippen LogP contribution >= 0.6 is 0 Å². The Morgan fingerprint density at radius 2 is 1.77 bits per heavy atom. The Bertz CT molecular complexity index is 1160. The maximum atomic E-state index is 13.9. The van der Waals surface area contributed by atoms with E-state index in [-0.39, 0.29) is 22.6 Å². The van der Waals surface area contributed by atoms with E-state index in [0.29, 0.717) is 17.0 Å². The average molecular weight is 400 g/mol. The molecule has 0 aliphatic heterocycles. The van der Waals surface area contributed by atoms with Gasteiger partial charge in [0.15, 0.2) is 0 Å². The summed E-state index contributed by atoms with van der Waals surface area (Å²) in [6, 6.07) is 20.9. The number of hydrogen-bond acceptors (Lipinski definition) is 4. The number of nitrogens with zero attached hydrogens (tertiary/aromatic N) is 1. The van der Waals surface area contributed by atoms with Crippen LogP contribution in [0.3, 0.4) is 0 Å². The SMILES string of the molecule is CC(=O)Nc1cccc(C(=O)Oc2ccc(/C=C(/C#N)c3ccccc3F)cc2)c1. The van der Waals surface area contributed by atoms with E-state index in [2.05, 4.69) is 5.32 Å². The topological polar surface area (TPSA) is 79.2 Å². The van der Waals surface area contributed by atoms with Gasteiger partial charge in [-0.2, -0.15) is 5.26 Å². The molecule has 148 valence electrons. The molecule has 6 heteroatoms. The van der Waals surface area contributed by atoms with E-state index in [4.69, 9.17) is 4.74 Å². The van der Waals surface area contributed by atoms with Gasteiger partial charge in [-0.3, -0.25) is 4.79 Å². The first kappa shape index (κ1) is 20.5. The molecule has 0 aliphatic rings. The van der Waals surface area contributed by atoms with Gasteiger partial charge in [-0.1, -0.05) is 36.4 Å². The zero-order valence-corrected chi connectivity index (χ0v) is 16.1. The summed E-state index contributed by atoms with van der Waals surface area (Å²) >= 11 is 0. The fraction of sp³-hybridized carbons (Fsp3) is 0.0417. The van der Waals surface area contributed by atoms with Gasteiger partial charge in [-0.25, -0.2) is 9.18 Å². The van der Waals surface area contributed by atoms with Crippen molar-refractivity contribution >= 4 is 29.2 Å². The second kappa shape index (κ2) is 9.30. The normalized spacial score (nSPS) is 10.8. The Kier molecular flexibility index (Phi) is 6.36. The van der Waals surface area contributed by atoms with Crippen LogP contribution in [0.2, 0.25) is 0 Å². The van der Waals surface area contributed by atoms with E-state index < -0.39 is 11.8 Å². The second-order valence-corrected chi connectivity index (χ2v) is 6.37. The molecule has 0 fully saturated rings. The van der Waals surface area contributed by atoms with Gasteiger partial charge >= 0.3 is 5.97 Å². The number of anilines is 1. The summed E-state index contributed by atoms with van der Waals surface area (Å²) in [6.45, 7) is 1.38. The van der Waals surface area contributed by atoms with Crippen LogP contribution in [-0.2, 0) is 4.79 Å². The van der Waals surface area contributed by atoms with Crippen LogP contribution in [0, 0.1) is 17.1 Å². The van der Waals surface area contributed by atoms with E-state index in [0.717, 1.165) is 0 Å². The van der Waals surface area contributed by atoms with Crippen molar-refractivity contribution in [2.24, 2.45) is 0 Å². The number of nitrogens with one attached hydrogen (secondary N) is 1. The lowest BCUT2D eigenvalue weighted by molar-refractivity contribution is -0.114. The molecule has 1 N–H and O–H groups in total. The monoisotopic (exact) mass is 400 g/mol. The van der Waals surface area contributed by atoms with Gasteiger partial charge in [0.2, 0.25) is 5.91 Å². The summed E-state index contributed by atoms with van der Waals surface area (Å²) in [5, 5.41) is 12.0. The molecule has 0 bridgehead atoms. The third kappa shape index (κ3) is 5.18. The lowest BCUT2D eigenvalue weighted by Crippen LogP contribution is -2.10. The number of nitriles is 1. The molecule has 0 radical (unpaired) electrons. The van der Waals surface area contributed by atoms with E-state index in [1.54, 1.807) is 60.7 Å². The van der Waals surface area contributed by atoms with Crippen molar-refractivity contribution in [3.63, 3.8) is 0 Å². The van der Waals surface area contributed by atoms with E-state index in [9.17, 15) is 19.2 Å². The Balaban J connectivity index is 1.75. The van der Waals surface area contributed by atoms with Gasteiger partial charge in [0.05, 0.1) is 17.2 Å². The average Bonchev–Trinajstić information content (AvgIpc) is 2.73. The number of hydrogen-bond donors (Lipinski definition) is 1. The molecule has 0 saturated heterocycles. The Hall–Kier alpha value is -4.24. The highest BCUT2D eigenvalue weighted by atomic mass is 19.1. The van der Waals surface area contributed by atoms with Crippen LogP contribution < -0.4 is 10.1 Å². The van der Waals surface area contributed by atoms with E-state index in [1.165, 1.54) is 25.1 Å². The lowest BCUT2D eigenvalue weighted by Gasteiger charge is -2.07. The number of benzene rings is 3. The zero-order valence-electron chi connectivity index (χ0n) is 16.1. The number of carbonyl (C=O) groups excluding carboxylic acids is 2. The number of amides is 1. The molecule has 3 aromatic carbocycles. The number of esters is 1. The van der Waals surface area contributed by atoms with Gasteiger partial charge in [0.1, 0.15) is 11.6 Å². The number of carbonyl (C=O) groups is 2. The molecule has 0 heterocycles. The second-order valence-electron chi connectivity index (χ2n) is 6.37. The third-order valence-electron chi connectivity index (χ3n) is 4.10. The standard InChI is InChI=1S/C24H17FN2O3/c1-16(28)27-20-6-4-5-18(14-20)24(29)30-21-11-9-17(10-12-21)13-19(15-26)22-7-2-3-8-23(22)25/h2-14H,1H3,(H,27,28)/b19-13-. The zero-order chi connectivity index (χ0) is 21.5. The van der Waals surface area contributed by atoms with Gasteiger partial charge < -0.3 is 10.1 Å². The molecule has 5 nitrogen and oxygen atoms in total. The van der Waals surface area contributed by atoms with Crippen LogP contribution in [0.15, 0.2) is 72.8 Å². The highest BCUT2D eigenvalue weighted by molar-refractivity contribution is 5.94. The summed E-state index contributed by atoms with van der Waals surface area (Å²) in [7, 11) is 0. The van der Waals surface area contributed by atoms with Crippen molar-refractivity contribution in [3.05, 3.63) is 95.3 Å². The van der Waals surface area contributed by atoms with Crippen LogP contribution in [0.25, 0.3) is 11.6 Å². The fourth-order valence-electron chi connectivity index (χ4n) is 2.74. The lowest BCUT2D eigenvalue weighted by atomic mass is 10.0. The molecule has 3 aromatic rings. The molecule has 1 amide bonds. The number of halogens is 1. The maximum absolute atomic E-state index is 13.9. The van der Waals surface area contributed by atoms with Crippen LogP contribution in [-0.4, -0.2) is 11.9 Å². The smallest absolute Gasteiger partial charge is 0.343 e. The molecule has 3 rings (SSSR count). The van der Waals surface area contributed by atoms with E-state index >= 15 is 0 Å². The predicted molar refractivity (Wildman–Crippen MR) is 112 cm³/mol. The first-order valence-corrected chi connectivity index (χ1v) is 9.03. The Morgan fingerprint density at radius 1 is 1.03 bits per heavy atom. The van der Waals surface area contributed by atoms with Crippen LogP contribution in [0.4, 0.5) is 10.1 Å². The highest BCUT2D eigenvalue weighted by Crippen LogP contribution is 2.22. The number of ether oxygens (including phenoxy) is 1. The molecule has 0 aromatic heterocycles. The minimum atomic E-state index is -0.574. The van der Waals surface area contributed by atoms with E-state index in [1.807, 2.05) is 6.07 Å². The molecule has 30 heavy (non-hydrogen) atoms. The highest BCUT2D eigenvalue weighted by Gasteiger charge is 2.10. The first-order chi connectivity index (χ1) is 14.5. The van der Waals surface area contributed by atoms with Crippen molar-refractivity contribution in [1.29, 1.82) is 5.26 Å². The minimum absolute atomic E-state index is 0.188. The molecular weight excluding hydrogens is 383 g/mol. The summed E-state index contributed by atoms with van der Waals surface area (Å²) in [6.07, 6.45) is 1.56. The quantitative estimate of drug-likeness (QED) is 0.281. The van der Waals surface area contributed by atoms with Crippen molar-refractivity contribution < 1.29 is 18.7 Å². The molecule has 0 spiro atoms. The largest absolute Gasteiger partial charge is 0.423 e. The molecule has 0 aliphatic carbocycles. The Labute approximate surface area is 173 Å². The third-order valence-corrected chi connectivity index (χ3v) is 4.10. The van der Waals surface area contributed by atoms with Crippen LogP contribution in [0.1, 0.15) is 28.4 Å². The predicted octanol–water partition coefficient (Wildman–Crippen LogP) is 5.07. The summed E-state index contributed by atoms with van der Waals surface area (Å²) in [4.78, 5) is 23.5. The van der Waals surface area contributed by atoms with Crippen molar-refractivity contribution in [2.45, 2.75) is 6.92 Å². The van der Waals surface area contributed by atoms with Gasteiger partial charge in [-0.05, 0) is 48.0 Å². The van der Waals surface area contributed by atoms with Gasteiger partial charge in [-0.15, -0.1) is 0 Å². The fourth-order valence-corrected chi connectivity index (χ4v) is 2.74. The molecular formula is C24H17FN2O3. The summed E-state index contributed by atoms with van der Waals surface area (Å²) in [5.74, 6) is -0.977.